The molecule has 4 nitrogen and oxygen atoms in total. The molecule has 7 heteroatoms. The third-order valence-electron chi connectivity index (χ3n) is 3.41. The van der Waals surface area contributed by atoms with Crippen molar-refractivity contribution in [3.8, 4) is 0 Å². The quantitative estimate of drug-likeness (QED) is 0.912. The molecule has 0 aliphatic heterocycles. The minimum absolute atomic E-state index is 0.0723. The van der Waals surface area contributed by atoms with Gasteiger partial charge >= 0.3 is 0 Å². The highest BCUT2D eigenvalue weighted by Gasteiger charge is 2.38. The van der Waals surface area contributed by atoms with Gasteiger partial charge in [0.25, 0.3) is 0 Å². The monoisotopic (exact) mass is 308 g/mol. The molecule has 0 aromatic carbocycles. The fourth-order valence-corrected chi connectivity index (χ4v) is 2.93. The number of hydrogen-bond acceptors (Lipinski definition) is 3. The lowest BCUT2D eigenvalue weighted by atomic mass is 9.81. The lowest BCUT2D eigenvalue weighted by Crippen LogP contribution is -2.32. The summed E-state index contributed by atoms with van der Waals surface area (Å²) < 4.78 is 28.3. The molecule has 2 rings (SSSR count). The first-order valence-corrected chi connectivity index (χ1v) is 6.38. The van der Waals surface area contributed by atoms with Crippen LogP contribution in [-0.2, 0) is 7.05 Å². The summed E-state index contributed by atoms with van der Waals surface area (Å²) in [4.78, 5) is 0. The summed E-state index contributed by atoms with van der Waals surface area (Å²) in [6, 6.07) is -0.291. The first-order chi connectivity index (χ1) is 7.91. The first kappa shape index (κ1) is 12.9. The number of hydrogen-bond donors (Lipinski definition) is 1. The summed E-state index contributed by atoms with van der Waals surface area (Å²) in [7, 11) is 1.75. The zero-order valence-electron chi connectivity index (χ0n) is 9.54. The summed E-state index contributed by atoms with van der Waals surface area (Å²) >= 11 is 3.28. The number of halogens is 3. The molecule has 0 spiro atoms. The van der Waals surface area contributed by atoms with E-state index in [1.807, 2.05) is 0 Å². The molecule has 0 saturated heterocycles. The van der Waals surface area contributed by atoms with Crippen LogP contribution in [0.1, 0.15) is 37.4 Å². The smallest absolute Gasteiger partial charge is 0.248 e. The highest BCUT2D eigenvalue weighted by atomic mass is 79.9. The highest BCUT2D eigenvalue weighted by molar-refractivity contribution is 9.10. The predicted molar refractivity (Wildman–Crippen MR) is 62.5 cm³/mol. The molecule has 1 unspecified atom stereocenters. The second-order valence-electron chi connectivity index (χ2n) is 4.61. The van der Waals surface area contributed by atoms with Crippen molar-refractivity contribution < 1.29 is 8.78 Å². The van der Waals surface area contributed by atoms with E-state index in [0.717, 1.165) is 5.69 Å². The Kier molecular flexibility index (Phi) is 3.49. The van der Waals surface area contributed by atoms with Gasteiger partial charge < -0.3 is 5.73 Å². The summed E-state index contributed by atoms with van der Waals surface area (Å²) in [6.07, 6.45) is 0.750. The average molecular weight is 309 g/mol. The summed E-state index contributed by atoms with van der Waals surface area (Å²) in [5.74, 6) is -2.44. The second-order valence-corrected chi connectivity index (χ2v) is 5.36. The average Bonchev–Trinajstić information content (AvgIpc) is 2.58. The largest absolute Gasteiger partial charge is 0.322 e. The van der Waals surface area contributed by atoms with Gasteiger partial charge in [-0.15, -0.1) is 5.10 Å². The van der Waals surface area contributed by atoms with Crippen LogP contribution in [-0.4, -0.2) is 20.9 Å². The Bertz CT molecular complexity index is 378. The van der Waals surface area contributed by atoms with Crippen molar-refractivity contribution in [1.29, 1.82) is 0 Å². The molecular weight excluding hydrogens is 294 g/mol. The Morgan fingerprint density at radius 1 is 1.47 bits per heavy atom. The van der Waals surface area contributed by atoms with Crippen LogP contribution in [0.2, 0.25) is 0 Å². The van der Waals surface area contributed by atoms with Crippen LogP contribution in [0, 0.1) is 5.92 Å². The molecule has 1 fully saturated rings. The molecule has 1 saturated carbocycles. The SMILES string of the molecule is Cn1nnc(Br)c1C(N)C1CCC(F)(F)CC1. The van der Waals surface area contributed by atoms with E-state index in [2.05, 4.69) is 26.2 Å². The Morgan fingerprint density at radius 3 is 2.53 bits per heavy atom. The van der Waals surface area contributed by atoms with Crippen molar-refractivity contribution in [3.05, 3.63) is 10.3 Å². The molecule has 96 valence electrons. The standard InChI is InChI=1S/C10H15BrF2N4/c1-17-8(9(11)15-16-17)7(14)6-2-4-10(12,13)5-3-6/h6-7H,2-5,14H2,1H3. The van der Waals surface area contributed by atoms with E-state index in [9.17, 15) is 8.78 Å². The Labute approximate surface area is 107 Å². The van der Waals surface area contributed by atoms with Crippen LogP contribution in [0.15, 0.2) is 4.60 Å². The van der Waals surface area contributed by atoms with Gasteiger partial charge in [-0.3, -0.25) is 0 Å². The van der Waals surface area contributed by atoms with Crippen LogP contribution in [0.4, 0.5) is 8.78 Å². The van der Waals surface area contributed by atoms with Gasteiger partial charge in [-0.05, 0) is 34.7 Å². The number of rotatable bonds is 2. The van der Waals surface area contributed by atoms with Crippen LogP contribution in [0.3, 0.4) is 0 Å². The third-order valence-corrected chi connectivity index (χ3v) is 3.98. The fourth-order valence-electron chi connectivity index (χ4n) is 2.34. The van der Waals surface area contributed by atoms with Gasteiger partial charge in [-0.1, -0.05) is 5.21 Å². The minimum atomic E-state index is -2.52. The molecule has 1 aromatic rings. The predicted octanol–water partition coefficient (Wildman–Crippen LogP) is 2.40. The van der Waals surface area contributed by atoms with E-state index >= 15 is 0 Å². The van der Waals surface area contributed by atoms with Crippen molar-refractivity contribution in [2.75, 3.05) is 0 Å². The minimum Gasteiger partial charge on any atom is -0.322 e. The van der Waals surface area contributed by atoms with Crippen molar-refractivity contribution >= 4 is 15.9 Å². The van der Waals surface area contributed by atoms with E-state index in [1.54, 1.807) is 11.7 Å². The van der Waals surface area contributed by atoms with Gasteiger partial charge in [0.1, 0.15) is 0 Å². The molecule has 2 N–H and O–H groups in total. The molecule has 1 atom stereocenters. The van der Waals surface area contributed by atoms with Gasteiger partial charge in [0.15, 0.2) is 4.60 Å². The molecule has 17 heavy (non-hydrogen) atoms. The molecule has 0 bridgehead atoms. The normalized spacial score (nSPS) is 22.6. The van der Waals surface area contributed by atoms with Gasteiger partial charge in [0.05, 0.1) is 11.7 Å². The fraction of sp³-hybridized carbons (Fsp3) is 0.800. The van der Waals surface area contributed by atoms with Crippen molar-refractivity contribution in [3.63, 3.8) is 0 Å². The van der Waals surface area contributed by atoms with E-state index in [4.69, 9.17) is 5.73 Å². The molecule has 1 heterocycles. The second kappa shape index (κ2) is 4.61. The van der Waals surface area contributed by atoms with Crippen LogP contribution >= 0.6 is 15.9 Å². The van der Waals surface area contributed by atoms with E-state index in [-0.39, 0.29) is 24.8 Å². The zero-order valence-corrected chi connectivity index (χ0v) is 11.1. The van der Waals surface area contributed by atoms with Crippen LogP contribution < -0.4 is 5.73 Å². The Morgan fingerprint density at radius 2 is 2.06 bits per heavy atom. The maximum atomic E-state index is 13.1. The van der Waals surface area contributed by atoms with Crippen LogP contribution in [0.25, 0.3) is 0 Å². The zero-order chi connectivity index (χ0) is 12.6. The molecule has 1 aliphatic carbocycles. The summed E-state index contributed by atoms with van der Waals surface area (Å²) in [5.41, 5.74) is 6.91. The highest BCUT2D eigenvalue weighted by Crippen LogP contribution is 2.41. The number of aryl methyl sites for hydroxylation is 1. The Balaban J connectivity index is 2.09. The lowest BCUT2D eigenvalue weighted by Gasteiger charge is -2.31. The molecule has 1 aromatic heterocycles. The van der Waals surface area contributed by atoms with Crippen molar-refractivity contribution in [2.24, 2.45) is 18.7 Å². The van der Waals surface area contributed by atoms with E-state index in [0.29, 0.717) is 17.4 Å². The van der Waals surface area contributed by atoms with Crippen LogP contribution in [0.5, 0.6) is 0 Å². The number of aromatic nitrogens is 3. The number of nitrogens with zero attached hydrogens (tertiary/aromatic N) is 3. The number of alkyl halides is 2. The molecule has 1 aliphatic rings. The first-order valence-electron chi connectivity index (χ1n) is 5.59. The van der Waals surface area contributed by atoms with Crippen molar-refractivity contribution in [2.45, 2.75) is 37.6 Å². The molecule has 0 amide bonds. The summed E-state index contributed by atoms with van der Waals surface area (Å²) in [5, 5.41) is 7.71. The third kappa shape index (κ3) is 2.65. The topological polar surface area (TPSA) is 56.7 Å². The summed E-state index contributed by atoms with van der Waals surface area (Å²) in [6.45, 7) is 0. The maximum absolute atomic E-state index is 13.1. The van der Waals surface area contributed by atoms with E-state index < -0.39 is 5.92 Å². The molecule has 0 radical (unpaired) electrons. The van der Waals surface area contributed by atoms with Gasteiger partial charge in [0, 0.05) is 19.9 Å². The maximum Gasteiger partial charge on any atom is 0.248 e. The number of nitrogens with two attached hydrogens (primary N) is 1. The van der Waals surface area contributed by atoms with Gasteiger partial charge in [-0.2, -0.15) is 0 Å². The van der Waals surface area contributed by atoms with Crippen molar-refractivity contribution in [1.82, 2.24) is 15.0 Å². The Hall–Kier alpha value is -0.560. The van der Waals surface area contributed by atoms with Gasteiger partial charge in [0.2, 0.25) is 5.92 Å². The lowest BCUT2D eigenvalue weighted by molar-refractivity contribution is -0.0486. The van der Waals surface area contributed by atoms with Gasteiger partial charge in [-0.25, -0.2) is 13.5 Å². The van der Waals surface area contributed by atoms with E-state index in [1.165, 1.54) is 0 Å². The molecular formula is C10H15BrF2N4.